The molecule has 4 rings (SSSR count). The molecule has 2 amide bonds. The van der Waals surface area contributed by atoms with Gasteiger partial charge in [-0.2, -0.15) is 13.2 Å². The van der Waals surface area contributed by atoms with E-state index in [1.807, 2.05) is 6.92 Å². The van der Waals surface area contributed by atoms with Gasteiger partial charge in [-0.05, 0) is 86.2 Å². The van der Waals surface area contributed by atoms with Crippen LogP contribution in [0.2, 0.25) is 5.02 Å². The summed E-state index contributed by atoms with van der Waals surface area (Å²) in [5.41, 5.74) is -0.253. The highest BCUT2D eigenvalue weighted by atomic mass is 35.5. The SMILES string of the molecule is CCCCN(CC)C(=O)[C@@H](OC(=O)[C@H](Oc1cccc(C(F)(F)F)c1)C1=CC=C(Cl)C=CC1)[C@H](OC(=O)Cc1ccc(Cl)cc1)C(=O)N1CCCC1. The largest absolute Gasteiger partial charge is 0.474 e. The number of hydrogen-bond donors (Lipinski definition) is 0. The van der Waals surface area contributed by atoms with Crippen LogP contribution in [0, 0.1) is 0 Å². The highest BCUT2D eigenvalue weighted by Crippen LogP contribution is 2.33. The third-order valence-electron chi connectivity index (χ3n) is 8.47. The molecule has 0 N–H and O–H groups in total. The zero-order valence-corrected chi connectivity index (χ0v) is 30.4. The number of benzene rings is 2. The van der Waals surface area contributed by atoms with Crippen LogP contribution in [0.4, 0.5) is 13.2 Å². The van der Waals surface area contributed by atoms with Crippen LogP contribution in [0.15, 0.2) is 83.4 Å². The zero-order chi connectivity index (χ0) is 37.8. The molecular formula is C38H41Cl2F3N2O7. The molecule has 9 nitrogen and oxygen atoms in total. The molecule has 1 saturated heterocycles. The summed E-state index contributed by atoms with van der Waals surface area (Å²) in [6.07, 6.45) is -1.62. The number of likely N-dealkylation sites (tertiary alicyclic amines) is 1. The van der Waals surface area contributed by atoms with E-state index in [9.17, 15) is 32.3 Å². The first-order chi connectivity index (χ1) is 24.8. The smallest absolute Gasteiger partial charge is 0.416 e. The van der Waals surface area contributed by atoms with E-state index in [0.717, 1.165) is 24.6 Å². The molecule has 1 heterocycles. The number of carbonyl (C=O) groups excluding carboxylic acids is 4. The van der Waals surface area contributed by atoms with Crippen molar-refractivity contribution >= 4 is 47.0 Å². The lowest BCUT2D eigenvalue weighted by molar-refractivity contribution is -0.184. The molecule has 14 heteroatoms. The average Bonchev–Trinajstić information content (AvgIpc) is 3.58. The lowest BCUT2D eigenvalue weighted by Gasteiger charge is -2.33. The number of amides is 2. The average molecular weight is 766 g/mol. The Bertz CT molecular complexity index is 1670. The lowest BCUT2D eigenvalue weighted by atomic mass is 10.0. The number of esters is 2. The van der Waals surface area contributed by atoms with Gasteiger partial charge in [-0.1, -0.05) is 66.9 Å². The number of unbranched alkanes of at least 4 members (excludes halogenated alkanes) is 1. The fourth-order valence-corrected chi connectivity index (χ4v) is 5.94. The molecule has 3 atom stereocenters. The Morgan fingerprint density at radius 1 is 0.942 bits per heavy atom. The molecule has 280 valence electrons. The fourth-order valence-electron chi connectivity index (χ4n) is 5.66. The standard InChI is InChI=1S/C38H41Cl2F3N2O7/c1-3-5-20-44(4-2)35(47)34(33(36(48)45-21-6-7-22-45)51-31(46)23-25-14-17-29(40)18-15-25)52-37(49)32(26-10-8-12-28(39)19-16-26)50-30-13-9-11-27(24-30)38(41,42)43/h8-9,11-19,24,32-34H,3-7,10,20-23H2,1-2H3/t32-,33+,34+/m1/s1. The predicted octanol–water partition coefficient (Wildman–Crippen LogP) is 7.45. The summed E-state index contributed by atoms with van der Waals surface area (Å²) in [6.45, 7) is 4.75. The molecule has 1 fully saturated rings. The second-order valence-electron chi connectivity index (χ2n) is 12.3. The number of allylic oxidation sites excluding steroid dienone is 5. The van der Waals surface area contributed by atoms with Crippen LogP contribution in [0.5, 0.6) is 5.75 Å². The molecule has 52 heavy (non-hydrogen) atoms. The van der Waals surface area contributed by atoms with Gasteiger partial charge in [0.25, 0.3) is 11.8 Å². The highest BCUT2D eigenvalue weighted by molar-refractivity contribution is 6.31. The van der Waals surface area contributed by atoms with Gasteiger partial charge >= 0.3 is 18.1 Å². The number of likely N-dealkylation sites (N-methyl/N-ethyl adjacent to an activating group) is 1. The number of ether oxygens (including phenoxy) is 3. The topological polar surface area (TPSA) is 102 Å². The number of hydrogen-bond acceptors (Lipinski definition) is 7. The first kappa shape index (κ1) is 40.5. The Hall–Kier alpha value is -4.29. The van der Waals surface area contributed by atoms with E-state index < -0.39 is 53.8 Å². The number of halogens is 5. The molecule has 2 aromatic carbocycles. The predicted molar refractivity (Wildman–Crippen MR) is 190 cm³/mol. The van der Waals surface area contributed by atoms with Gasteiger partial charge in [0.2, 0.25) is 18.3 Å². The van der Waals surface area contributed by atoms with E-state index in [-0.39, 0.29) is 37.3 Å². The van der Waals surface area contributed by atoms with Gasteiger partial charge < -0.3 is 24.0 Å². The maximum absolute atomic E-state index is 14.3. The molecule has 0 spiro atoms. The molecule has 2 aromatic rings. The van der Waals surface area contributed by atoms with Crippen molar-refractivity contribution in [2.45, 2.75) is 76.9 Å². The first-order valence-electron chi connectivity index (χ1n) is 17.1. The molecule has 0 saturated carbocycles. The van der Waals surface area contributed by atoms with Gasteiger partial charge in [-0.3, -0.25) is 14.4 Å². The molecule has 0 aromatic heterocycles. The first-order valence-corrected chi connectivity index (χ1v) is 17.8. The van der Waals surface area contributed by atoms with Gasteiger partial charge in [-0.25, -0.2) is 4.79 Å². The van der Waals surface area contributed by atoms with Crippen molar-refractivity contribution in [2.24, 2.45) is 0 Å². The van der Waals surface area contributed by atoms with Crippen molar-refractivity contribution in [3.05, 3.63) is 99.6 Å². The zero-order valence-electron chi connectivity index (χ0n) is 28.9. The van der Waals surface area contributed by atoms with Crippen LogP contribution in [-0.2, 0) is 41.2 Å². The molecule has 0 bridgehead atoms. The Morgan fingerprint density at radius 3 is 2.31 bits per heavy atom. The van der Waals surface area contributed by atoms with E-state index in [2.05, 4.69) is 0 Å². The third-order valence-corrected chi connectivity index (χ3v) is 8.98. The van der Waals surface area contributed by atoms with Crippen LogP contribution in [0.25, 0.3) is 0 Å². The quantitative estimate of drug-likeness (QED) is 0.174. The highest BCUT2D eigenvalue weighted by Gasteiger charge is 2.46. The minimum Gasteiger partial charge on any atom is -0.474 e. The Morgan fingerprint density at radius 2 is 1.65 bits per heavy atom. The lowest BCUT2D eigenvalue weighted by Crippen LogP contribution is -2.56. The van der Waals surface area contributed by atoms with E-state index in [1.54, 1.807) is 43.3 Å². The Labute approximate surface area is 311 Å². The fraction of sp³-hybridized carbons (Fsp3) is 0.421. The van der Waals surface area contributed by atoms with Gasteiger partial charge in [0.05, 0.1) is 12.0 Å². The van der Waals surface area contributed by atoms with E-state index in [0.29, 0.717) is 48.0 Å². The van der Waals surface area contributed by atoms with Gasteiger partial charge in [0, 0.05) is 36.2 Å². The van der Waals surface area contributed by atoms with E-state index in [1.165, 1.54) is 28.0 Å². The van der Waals surface area contributed by atoms with E-state index in [4.69, 9.17) is 37.4 Å². The normalized spacial score (nSPS) is 16.2. The number of carbonyl (C=O) groups is 4. The van der Waals surface area contributed by atoms with Crippen LogP contribution in [-0.4, -0.2) is 78.0 Å². The number of alkyl halides is 3. The molecule has 0 radical (unpaired) electrons. The second kappa shape index (κ2) is 19.0. The van der Waals surface area contributed by atoms with E-state index >= 15 is 0 Å². The van der Waals surface area contributed by atoms with Crippen LogP contribution in [0.1, 0.15) is 57.1 Å². The number of rotatable bonds is 15. The molecule has 0 unspecified atom stereocenters. The van der Waals surface area contributed by atoms with Gasteiger partial charge in [0.1, 0.15) is 5.75 Å². The van der Waals surface area contributed by atoms with Crippen LogP contribution >= 0.6 is 23.2 Å². The molecule has 2 aliphatic rings. The summed E-state index contributed by atoms with van der Waals surface area (Å²) >= 11 is 12.2. The van der Waals surface area contributed by atoms with Crippen molar-refractivity contribution in [1.82, 2.24) is 9.80 Å². The second-order valence-corrected chi connectivity index (χ2v) is 13.2. The maximum atomic E-state index is 14.3. The van der Waals surface area contributed by atoms with Crippen molar-refractivity contribution in [3.8, 4) is 5.75 Å². The van der Waals surface area contributed by atoms with Crippen molar-refractivity contribution in [3.63, 3.8) is 0 Å². The molecule has 1 aliphatic heterocycles. The minimum absolute atomic E-state index is 0.0772. The van der Waals surface area contributed by atoms with Crippen molar-refractivity contribution < 1.29 is 46.6 Å². The van der Waals surface area contributed by atoms with Crippen LogP contribution < -0.4 is 4.74 Å². The van der Waals surface area contributed by atoms with Gasteiger partial charge in [0.15, 0.2) is 0 Å². The third kappa shape index (κ3) is 11.4. The summed E-state index contributed by atoms with van der Waals surface area (Å²) in [6, 6.07) is 10.4. The number of nitrogens with zero attached hydrogens (tertiary/aromatic N) is 2. The van der Waals surface area contributed by atoms with Crippen molar-refractivity contribution in [2.75, 3.05) is 26.2 Å². The monoisotopic (exact) mass is 764 g/mol. The Balaban J connectivity index is 1.76. The maximum Gasteiger partial charge on any atom is 0.416 e. The Kier molecular flexibility index (Phi) is 14.8. The summed E-state index contributed by atoms with van der Waals surface area (Å²) in [4.78, 5) is 59.0. The minimum atomic E-state index is -4.70. The van der Waals surface area contributed by atoms with Gasteiger partial charge in [-0.15, -0.1) is 0 Å². The molecule has 1 aliphatic carbocycles. The summed E-state index contributed by atoms with van der Waals surface area (Å²) < 4.78 is 58.4. The van der Waals surface area contributed by atoms with Crippen molar-refractivity contribution in [1.29, 1.82) is 0 Å². The summed E-state index contributed by atoms with van der Waals surface area (Å²) in [7, 11) is 0. The summed E-state index contributed by atoms with van der Waals surface area (Å²) in [5, 5.41) is 0.759. The van der Waals surface area contributed by atoms with Crippen LogP contribution in [0.3, 0.4) is 0 Å². The molecular weight excluding hydrogens is 724 g/mol. The summed E-state index contributed by atoms with van der Waals surface area (Å²) in [5.74, 6) is -3.86.